The molecule has 1 aliphatic heterocycles. The van der Waals surface area contributed by atoms with Gasteiger partial charge < -0.3 is 14.6 Å². The largest absolute Gasteiger partial charge is 0.467 e. The van der Waals surface area contributed by atoms with Crippen LogP contribution in [0.15, 0.2) is 59.2 Å². The van der Waals surface area contributed by atoms with Crippen molar-refractivity contribution in [2.75, 3.05) is 32.7 Å². The van der Waals surface area contributed by atoms with Crippen LogP contribution in [0.2, 0.25) is 0 Å². The molecule has 0 radical (unpaired) electrons. The molecule has 1 saturated heterocycles. The molecule has 126 valence electrons. The average molecular weight is 325 g/mol. The summed E-state index contributed by atoms with van der Waals surface area (Å²) in [6.45, 7) is 4.65. The fraction of sp³-hybridized carbons (Fsp3) is 0.316. The zero-order chi connectivity index (χ0) is 16.6. The van der Waals surface area contributed by atoms with Gasteiger partial charge in [0.2, 0.25) is 0 Å². The highest BCUT2D eigenvalue weighted by atomic mass is 16.3. The summed E-state index contributed by atoms with van der Waals surface area (Å²) >= 11 is 0. The second kappa shape index (κ2) is 8.36. The highest BCUT2D eigenvalue weighted by Crippen LogP contribution is 2.05. The van der Waals surface area contributed by atoms with Crippen LogP contribution in [0.5, 0.6) is 0 Å². The number of carbonyl (C=O) groups excluding carboxylic acids is 1. The molecule has 0 atom stereocenters. The Morgan fingerprint density at radius 2 is 1.88 bits per heavy atom. The first-order chi connectivity index (χ1) is 11.8. The van der Waals surface area contributed by atoms with E-state index in [0.29, 0.717) is 6.54 Å². The third-order valence-electron chi connectivity index (χ3n) is 4.13. The number of nitrogens with zero attached hydrogens (tertiary/aromatic N) is 2. The van der Waals surface area contributed by atoms with Gasteiger partial charge in [-0.15, -0.1) is 0 Å². The van der Waals surface area contributed by atoms with Gasteiger partial charge in [0, 0.05) is 32.7 Å². The Morgan fingerprint density at radius 1 is 1.08 bits per heavy atom. The fourth-order valence-corrected chi connectivity index (χ4v) is 2.72. The van der Waals surface area contributed by atoms with Crippen molar-refractivity contribution in [2.24, 2.45) is 0 Å². The van der Waals surface area contributed by atoms with E-state index in [4.69, 9.17) is 4.42 Å². The number of nitrogens with one attached hydrogen (secondary N) is 1. The molecule has 2 heterocycles. The molecule has 1 N–H and O–H groups in total. The summed E-state index contributed by atoms with van der Waals surface area (Å²) in [6, 6.07) is 14.0. The van der Waals surface area contributed by atoms with Gasteiger partial charge in [0.1, 0.15) is 5.76 Å². The monoisotopic (exact) mass is 325 g/mol. The quantitative estimate of drug-likeness (QED) is 0.919. The molecule has 2 amide bonds. The molecule has 0 saturated carbocycles. The molecule has 1 aliphatic rings. The fourth-order valence-electron chi connectivity index (χ4n) is 2.72. The van der Waals surface area contributed by atoms with E-state index in [9.17, 15) is 4.79 Å². The summed E-state index contributed by atoms with van der Waals surface area (Å²) in [5.41, 5.74) is 1.22. The van der Waals surface area contributed by atoms with E-state index in [1.807, 2.05) is 35.2 Å². The number of furan rings is 1. The summed E-state index contributed by atoms with van der Waals surface area (Å²) < 4.78 is 5.22. The van der Waals surface area contributed by atoms with Crippen molar-refractivity contribution in [2.45, 2.75) is 6.54 Å². The molecule has 2 aromatic rings. The van der Waals surface area contributed by atoms with Crippen molar-refractivity contribution in [3.05, 3.63) is 66.1 Å². The Kier molecular flexibility index (Phi) is 5.69. The van der Waals surface area contributed by atoms with Crippen LogP contribution in [0.3, 0.4) is 0 Å². The number of carbonyl (C=O) groups is 1. The molecule has 24 heavy (non-hydrogen) atoms. The lowest BCUT2D eigenvalue weighted by Crippen LogP contribution is -2.51. The van der Waals surface area contributed by atoms with Gasteiger partial charge in [-0.3, -0.25) is 4.90 Å². The second-order valence-corrected chi connectivity index (χ2v) is 5.84. The van der Waals surface area contributed by atoms with Crippen LogP contribution in [-0.4, -0.2) is 48.6 Å². The highest BCUT2D eigenvalue weighted by molar-refractivity contribution is 5.74. The van der Waals surface area contributed by atoms with Gasteiger partial charge in [0.25, 0.3) is 0 Å². The maximum absolute atomic E-state index is 12.1. The van der Waals surface area contributed by atoms with Crippen LogP contribution in [0.25, 0.3) is 6.08 Å². The summed E-state index contributed by atoms with van der Waals surface area (Å²) in [4.78, 5) is 16.4. The predicted octanol–water partition coefficient (Wildman–Crippen LogP) is 2.82. The molecule has 5 nitrogen and oxygen atoms in total. The Bertz CT molecular complexity index is 645. The third-order valence-corrected chi connectivity index (χ3v) is 4.13. The topological polar surface area (TPSA) is 48.7 Å². The Labute approximate surface area is 142 Å². The Balaban J connectivity index is 1.37. The van der Waals surface area contributed by atoms with E-state index in [1.54, 1.807) is 6.26 Å². The van der Waals surface area contributed by atoms with Gasteiger partial charge >= 0.3 is 6.03 Å². The number of urea groups is 1. The molecule has 1 aromatic carbocycles. The molecule has 1 fully saturated rings. The van der Waals surface area contributed by atoms with Gasteiger partial charge in [-0.25, -0.2) is 4.79 Å². The Hall–Kier alpha value is -2.53. The lowest BCUT2D eigenvalue weighted by Gasteiger charge is -2.34. The minimum absolute atomic E-state index is 0.0223. The molecular weight excluding hydrogens is 302 g/mol. The number of amides is 2. The van der Waals surface area contributed by atoms with Crippen molar-refractivity contribution in [3.8, 4) is 0 Å². The lowest BCUT2D eigenvalue weighted by atomic mass is 10.2. The zero-order valence-electron chi connectivity index (χ0n) is 13.7. The average Bonchev–Trinajstić information content (AvgIpc) is 3.15. The first-order valence-electron chi connectivity index (χ1n) is 8.30. The van der Waals surface area contributed by atoms with Crippen LogP contribution >= 0.6 is 0 Å². The van der Waals surface area contributed by atoms with Crippen LogP contribution in [0.4, 0.5) is 4.79 Å². The van der Waals surface area contributed by atoms with Gasteiger partial charge in [-0.05, 0) is 17.7 Å². The van der Waals surface area contributed by atoms with E-state index in [-0.39, 0.29) is 6.03 Å². The second-order valence-electron chi connectivity index (χ2n) is 5.84. The minimum atomic E-state index is -0.0223. The maximum Gasteiger partial charge on any atom is 0.317 e. The summed E-state index contributed by atoms with van der Waals surface area (Å²) in [5, 5.41) is 2.90. The van der Waals surface area contributed by atoms with Gasteiger partial charge in [0.15, 0.2) is 0 Å². The van der Waals surface area contributed by atoms with Gasteiger partial charge in [-0.2, -0.15) is 0 Å². The maximum atomic E-state index is 12.1. The standard InChI is InChI=1S/C19H23N3O2/c23-19(20-16-18-9-5-15-24-18)22-13-11-21(12-14-22)10-4-8-17-6-2-1-3-7-17/h1-9,15H,10-14,16H2,(H,20,23)/b8-4+. The van der Waals surface area contributed by atoms with Crippen LogP contribution < -0.4 is 5.32 Å². The van der Waals surface area contributed by atoms with Gasteiger partial charge in [-0.1, -0.05) is 42.5 Å². The predicted molar refractivity (Wildman–Crippen MR) is 94.4 cm³/mol. The smallest absolute Gasteiger partial charge is 0.317 e. The van der Waals surface area contributed by atoms with Crippen LogP contribution in [-0.2, 0) is 6.54 Å². The van der Waals surface area contributed by atoms with E-state index in [0.717, 1.165) is 38.5 Å². The summed E-state index contributed by atoms with van der Waals surface area (Å²) in [7, 11) is 0. The number of piperazine rings is 1. The van der Waals surface area contributed by atoms with Crippen molar-refractivity contribution >= 4 is 12.1 Å². The third kappa shape index (κ3) is 4.73. The Morgan fingerprint density at radius 3 is 2.58 bits per heavy atom. The lowest BCUT2D eigenvalue weighted by molar-refractivity contribution is 0.146. The minimum Gasteiger partial charge on any atom is -0.467 e. The summed E-state index contributed by atoms with van der Waals surface area (Å²) in [6.07, 6.45) is 5.94. The molecule has 5 heteroatoms. The molecule has 3 rings (SSSR count). The number of benzene rings is 1. The van der Waals surface area contributed by atoms with Crippen molar-refractivity contribution in [1.82, 2.24) is 15.1 Å². The summed E-state index contributed by atoms with van der Waals surface area (Å²) in [5.74, 6) is 0.771. The number of rotatable bonds is 5. The molecule has 0 bridgehead atoms. The van der Waals surface area contributed by atoms with Crippen molar-refractivity contribution in [3.63, 3.8) is 0 Å². The molecule has 1 aromatic heterocycles. The van der Waals surface area contributed by atoms with E-state index in [1.165, 1.54) is 5.56 Å². The van der Waals surface area contributed by atoms with E-state index < -0.39 is 0 Å². The highest BCUT2D eigenvalue weighted by Gasteiger charge is 2.20. The van der Waals surface area contributed by atoms with Crippen molar-refractivity contribution in [1.29, 1.82) is 0 Å². The first kappa shape index (κ1) is 16.3. The normalized spacial score (nSPS) is 15.8. The molecule has 0 aliphatic carbocycles. The number of hydrogen-bond donors (Lipinski definition) is 1. The molecule has 0 spiro atoms. The molecule has 0 unspecified atom stereocenters. The van der Waals surface area contributed by atoms with Crippen LogP contribution in [0.1, 0.15) is 11.3 Å². The van der Waals surface area contributed by atoms with Crippen LogP contribution in [0, 0.1) is 0 Å². The first-order valence-corrected chi connectivity index (χ1v) is 8.30. The SMILES string of the molecule is O=C(NCc1ccco1)N1CCN(C/C=C/c2ccccc2)CC1. The van der Waals surface area contributed by atoms with Crippen molar-refractivity contribution < 1.29 is 9.21 Å². The molecular formula is C19H23N3O2. The number of hydrogen-bond acceptors (Lipinski definition) is 3. The van der Waals surface area contributed by atoms with Gasteiger partial charge in [0.05, 0.1) is 12.8 Å². The van der Waals surface area contributed by atoms with E-state index >= 15 is 0 Å². The van der Waals surface area contributed by atoms with E-state index in [2.05, 4.69) is 34.5 Å². The zero-order valence-corrected chi connectivity index (χ0v) is 13.7.